The minimum absolute atomic E-state index is 0.125. The number of benzene rings is 2. The van der Waals surface area contributed by atoms with Crippen LogP contribution in [0.4, 0.5) is 18.9 Å². The smallest absolute Gasteiger partial charge is 0.194 e. The summed E-state index contributed by atoms with van der Waals surface area (Å²) in [7, 11) is 0. The fourth-order valence-corrected chi connectivity index (χ4v) is 2.18. The van der Waals surface area contributed by atoms with Crippen LogP contribution in [0.5, 0.6) is 0 Å². The second-order valence-electron chi connectivity index (χ2n) is 4.16. The summed E-state index contributed by atoms with van der Waals surface area (Å²) in [4.78, 5) is 0. The van der Waals surface area contributed by atoms with Crippen molar-refractivity contribution in [3.05, 3.63) is 63.9 Å². The van der Waals surface area contributed by atoms with Crippen LogP contribution in [0.2, 0.25) is 0 Å². The molecule has 0 radical (unpaired) electrons. The molecule has 0 bridgehead atoms. The van der Waals surface area contributed by atoms with Gasteiger partial charge in [-0.3, -0.25) is 0 Å². The quantitative estimate of drug-likeness (QED) is 0.820. The van der Waals surface area contributed by atoms with Crippen molar-refractivity contribution in [2.45, 2.75) is 6.04 Å². The molecular weight excluding hydrogens is 335 g/mol. The van der Waals surface area contributed by atoms with Crippen LogP contribution >= 0.6 is 15.9 Å². The second-order valence-corrected chi connectivity index (χ2v) is 5.01. The Morgan fingerprint density at radius 3 is 2.25 bits per heavy atom. The zero-order valence-corrected chi connectivity index (χ0v) is 11.8. The van der Waals surface area contributed by atoms with Crippen LogP contribution in [0.15, 0.2) is 40.9 Å². The van der Waals surface area contributed by atoms with Crippen LogP contribution in [0.3, 0.4) is 0 Å². The van der Waals surface area contributed by atoms with Crippen molar-refractivity contribution in [2.24, 2.45) is 0 Å². The molecular formula is C14H11BrF3NO. The predicted octanol–water partition coefficient (Wildman–Crippen LogP) is 4.01. The third-order valence-electron chi connectivity index (χ3n) is 2.79. The number of hydrogen-bond donors (Lipinski definition) is 2. The van der Waals surface area contributed by atoms with Gasteiger partial charge < -0.3 is 10.4 Å². The fraction of sp³-hybridized carbons (Fsp3) is 0.143. The lowest BCUT2D eigenvalue weighted by Gasteiger charge is -2.19. The Balaban J connectivity index is 2.31. The third-order valence-corrected chi connectivity index (χ3v) is 3.49. The van der Waals surface area contributed by atoms with E-state index in [1.807, 2.05) is 0 Å². The van der Waals surface area contributed by atoms with Gasteiger partial charge in [0.25, 0.3) is 0 Å². The third kappa shape index (κ3) is 3.13. The van der Waals surface area contributed by atoms with E-state index in [0.29, 0.717) is 5.69 Å². The average molecular weight is 346 g/mol. The van der Waals surface area contributed by atoms with Gasteiger partial charge in [0.2, 0.25) is 0 Å². The molecule has 2 aromatic carbocycles. The van der Waals surface area contributed by atoms with E-state index in [9.17, 15) is 18.3 Å². The summed E-state index contributed by atoms with van der Waals surface area (Å²) in [6.45, 7) is -0.397. The van der Waals surface area contributed by atoms with Crippen LogP contribution in [0.25, 0.3) is 0 Å². The number of aliphatic hydroxyl groups excluding tert-OH is 1. The van der Waals surface area contributed by atoms with Crippen LogP contribution in [0, 0.1) is 17.5 Å². The second kappa shape index (κ2) is 6.28. The molecule has 2 N–H and O–H groups in total. The number of nitrogens with one attached hydrogen (secondary N) is 1. The molecule has 0 aliphatic rings. The highest BCUT2D eigenvalue weighted by atomic mass is 79.9. The molecule has 2 rings (SSSR count). The Bertz CT molecular complexity index is 598. The average Bonchev–Trinajstić information content (AvgIpc) is 2.43. The minimum atomic E-state index is -1.52. The minimum Gasteiger partial charge on any atom is -0.394 e. The molecule has 0 spiro atoms. The van der Waals surface area contributed by atoms with Crippen molar-refractivity contribution in [3.8, 4) is 0 Å². The van der Waals surface area contributed by atoms with Crippen molar-refractivity contribution >= 4 is 21.6 Å². The van der Waals surface area contributed by atoms with E-state index in [4.69, 9.17) is 0 Å². The van der Waals surface area contributed by atoms with Gasteiger partial charge in [-0.05, 0) is 45.8 Å². The Morgan fingerprint density at radius 1 is 1.10 bits per heavy atom. The van der Waals surface area contributed by atoms with Crippen LogP contribution < -0.4 is 5.32 Å². The van der Waals surface area contributed by atoms with Crippen molar-refractivity contribution in [2.75, 3.05) is 11.9 Å². The van der Waals surface area contributed by atoms with E-state index in [0.717, 1.165) is 16.6 Å². The van der Waals surface area contributed by atoms with Gasteiger partial charge in [-0.2, -0.15) is 0 Å². The molecule has 2 aromatic rings. The molecule has 0 heterocycles. The highest BCUT2D eigenvalue weighted by molar-refractivity contribution is 9.10. The van der Waals surface area contributed by atoms with Crippen molar-refractivity contribution in [1.82, 2.24) is 0 Å². The van der Waals surface area contributed by atoms with Gasteiger partial charge in [-0.25, -0.2) is 13.2 Å². The maximum atomic E-state index is 13.2. The Morgan fingerprint density at radius 2 is 1.70 bits per heavy atom. The number of rotatable bonds is 4. The monoisotopic (exact) mass is 345 g/mol. The largest absolute Gasteiger partial charge is 0.394 e. The van der Waals surface area contributed by atoms with E-state index in [1.165, 1.54) is 0 Å². The lowest BCUT2D eigenvalue weighted by atomic mass is 10.1. The lowest BCUT2D eigenvalue weighted by Crippen LogP contribution is -2.16. The first-order valence-corrected chi connectivity index (χ1v) is 6.58. The van der Waals surface area contributed by atoms with E-state index < -0.39 is 30.1 Å². The number of anilines is 1. The predicted molar refractivity (Wildman–Crippen MR) is 73.9 cm³/mol. The first-order chi connectivity index (χ1) is 9.52. The van der Waals surface area contributed by atoms with E-state index in [-0.39, 0.29) is 5.56 Å². The molecule has 6 heteroatoms. The summed E-state index contributed by atoms with van der Waals surface area (Å²) < 4.78 is 40.1. The summed E-state index contributed by atoms with van der Waals surface area (Å²) in [5.74, 6) is -4.09. The Kier molecular flexibility index (Phi) is 4.67. The molecule has 0 amide bonds. The topological polar surface area (TPSA) is 32.3 Å². The molecule has 0 fully saturated rings. The van der Waals surface area contributed by atoms with E-state index in [1.54, 1.807) is 24.3 Å². The fourth-order valence-electron chi connectivity index (χ4n) is 1.78. The normalized spacial score (nSPS) is 12.2. The van der Waals surface area contributed by atoms with Gasteiger partial charge in [-0.1, -0.05) is 12.1 Å². The zero-order valence-electron chi connectivity index (χ0n) is 10.2. The summed E-state index contributed by atoms with van der Waals surface area (Å²) in [5.41, 5.74) is 0.774. The van der Waals surface area contributed by atoms with Crippen LogP contribution in [-0.2, 0) is 0 Å². The molecule has 0 saturated carbocycles. The van der Waals surface area contributed by atoms with Gasteiger partial charge in [0.05, 0.1) is 12.6 Å². The molecule has 1 atom stereocenters. The maximum Gasteiger partial charge on any atom is 0.194 e. The van der Waals surface area contributed by atoms with Crippen LogP contribution in [-0.4, -0.2) is 11.7 Å². The summed E-state index contributed by atoms with van der Waals surface area (Å²) >= 11 is 3.31. The Labute approximate surface area is 122 Å². The van der Waals surface area contributed by atoms with Gasteiger partial charge in [0, 0.05) is 10.2 Å². The number of hydrogen-bond acceptors (Lipinski definition) is 2. The maximum absolute atomic E-state index is 13.2. The lowest BCUT2D eigenvalue weighted by molar-refractivity contribution is 0.275. The molecule has 0 aromatic heterocycles. The molecule has 20 heavy (non-hydrogen) atoms. The van der Waals surface area contributed by atoms with Gasteiger partial charge >= 0.3 is 0 Å². The SMILES string of the molecule is OCC(Nc1ccccc1Br)c1cc(F)c(F)c(F)c1. The molecule has 106 valence electrons. The molecule has 0 aliphatic heterocycles. The number of halogens is 4. The molecule has 2 nitrogen and oxygen atoms in total. The van der Waals surface area contributed by atoms with Crippen molar-refractivity contribution < 1.29 is 18.3 Å². The summed E-state index contributed by atoms with van der Waals surface area (Å²) in [6, 6.07) is 8.07. The molecule has 0 aliphatic carbocycles. The summed E-state index contributed by atoms with van der Waals surface area (Å²) in [5, 5.41) is 12.3. The van der Waals surface area contributed by atoms with E-state index >= 15 is 0 Å². The van der Waals surface area contributed by atoms with Crippen molar-refractivity contribution in [3.63, 3.8) is 0 Å². The van der Waals surface area contributed by atoms with Crippen molar-refractivity contribution in [1.29, 1.82) is 0 Å². The first-order valence-electron chi connectivity index (χ1n) is 5.79. The number of aliphatic hydroxyl groups is 1. The van der Waals surface area contributed by atoms with Crippen LogP contribution in [0.1, 0.15) is 11.6 Å². The Hall–Kier alpha value is -1.53. The highest BCUT2D eigenvalue weighted by Crippen LogP contribution is 2.27. The zero-order chi connectivity index (χ0) is 14.7. The molecule has 1 unspecified atom stereocenters. The van der Waals surface area contributed by atoms with Gasteiger partial charge in [0.15, 0.2) is 17.5 Å². The van der Waals surface area contributed by atoms with Gasteiger partial charge in [0.1, 0.15) is 0 Å². The summed E-state index contributed by atoms with van der Waals surface area (Å²) in [6.07, 6.45) is 0. The standard InChI is InChI=1S/C14H11BrF3NO/c15-9-3-1-2-4-12(9)19-13(7-20)8-5-10(16)14(18)11(17)6-8/h1-6,13,19-20H,7H2. The first kappa shape index (κ1) is 14.9. The highest BCUT2D eigenvalue weighted by Gasteiger charge is 2.17. The van der Waals surface area contributed by atoms with Gasteiger partial charge in [-0.15, -0.1) is 0 Å². The number of para-hydroxylation sites is 1. The van der Waals surface area contributed by atoms with E-state index in [2.05, 4.69) is 21.2 Å². The molecule has 0 saturated heterocycles.